The molecule has 0 bridgehead atoms. The Kier molecular flexibility index (Phi) is 3.96. The molecular weight excluding hydrogens is 234 g/mol. The third kappa shape index (κ3) is 2.87. The van der Waals surface area contributed by atoms with Gasteiger partial charge in [-0.15, -0.1) is 0 Å². The van der Waals surface area contributed by atoms with Crippen molar-refractivity contribution in [3.8, 4) is 0 Å². The minimum absolute atomic E-state index is 0.253. The van der Waals surface area contributed by atoms with E-state index in [1.807, 2.05) is 0 Å². The second-order valence-corrected chi connectivity index (χ2v) is 5.00. The van der Waals surface area contributed by atoms with Crippen molar-refractivity contribution in [2.75, 3.05) is 6.54 Å². The Morgan fingerprint density at radius 1 is 1.56 bits per heavy atom. The fraction of sp³-hybridized carbons (Fsp3) is 0.750. The molecule has 100 valence electrons. The Morgan fingerprint density at radius 2 is 2.33 bits per heavy atom. The van der Waals surface area contributed by atoms with Gasteiger partial charge in [0.25, 0.3) is 5.82 Å². The minimum atomic E-state index is -1.14. The number of rotatable bonds is 4. The Morgan fingerprint density at radius 3 is 2.94 bits per heavy atom. The van der Waals surface area contributed by atoms with E-state index >= 15 is 0 Å². The van der Waals surface area contributed by atoms with Crippen LogP contribution in [0.3, 0.4) is 0 Å². The molecule has 1 aliphatic heterocycles. The van der Waals surface area contributed by atoms with E-state index in [0.717, 1.165) is 13.0 Å². The lowest BCUT2D eigenvalue weighted by atomic mass is 9.98. The standard InChI is InChI=1S/C12H19N3O3/c1-8(2)15-6-4-3-5-9(15)7-10-13-11(12(16)17)14-18-10/h8-9H,3-7H2,1-2H3,(H,16,17). The first-order valence-corrected chi connectivity index (χ1v) is 6.39. The predicted octanol–water partition coefficient (Wildman–Crippen LogP) is 1.57. The van der Waals surface area contributed by atoms with Gasteiger partial charge in [-0.1, -0.05) is 6.42 Å². The van der Waals surface area contributed by atoms with E-state index in [1.165, 1.54) is 12.8 Å². The lowest BCUT2D eigenvalue weighted by Crippen LogP contribution is -2.45. The van der Waals surface area contributed by atoms with Crippen LogP contribution in [-0.2, 0) is 6.42 Å². The van der Waals surface area contributed by atoms with Crippen molar-refractivity contribution in [2.45, 2.75) is 51.6 Å². The van der Waals surface area contributed by atoms with Crippen LogP contribution in [0.25, 0.3) is 0 Å². The summed E-state index contributed by atoms with van der Waals surface area (Å²) in [6.45, 7) is 5.44. The maximum atomic E-state index is 10.7. The third-order valence-electron chi connectivity index (χ3n) is 3.41. The van der Waals surface area contributed by atoms with E-state index in [1.54, 1.807) is 0 Å². The second-order valence-electron chi connectivity index (χ2n) is 5.00. The number of piperidine rings is 1. The molecule has 6 heteroatoms. The fourth-order valence-electron chi connectivity index (χ4n) is 2.55. The Hall–Kier alpha value is -1.43. The first-order chi connectivity index (χ1) is 8.58. The molecular formula is C12H19N3O3. The molecule has 0 aromatic carbocycles. The Bertz CT molecular complexity index is 416. The lowest BCUT2D eigenvalue weighted by molar-refractivity contribution is 0.0680. The van der Waals surface area contributed by atoms with E-state index in [4.69, 9.17) is 9.63 Å². The number of carbonyl (C=O) groups is 1. The molecule has 0 radical (unpaired) electrons. The van der Waals surface area contributed by atoms with E-state index in [0.29, 0.717) is 24.4 Å². The smallest absolute Gasteiger partial charge is 0.377 e. The molecule has 2 heterocycles. The van der Waals surface area contributed by atoms with Gasteiger partial charge >= 0.3 is 5.97 Å². The number of likely N-dealkylation sites (tertiary alicyclic amines) is 1. The van der Waals surface area contributed by atoms with Gasteiger partial charge in [0.05, 0.1) is 0 Å². The predicted molar refractivity (Wildman–Crippen MR) is 64.4 cm³/mol. The van der Waals surface area contributed by atoms with Crippen molar-refractivity contribution in [1.29, 1.82) is 0 Å². The number of aromatic nitrogens is 2. The summed E-state index contributed by atoms with van der Waals surface area (Å²) in [6.07, 6.45) is 4.16. The quantitative estimate of drug-likeness (QED) is 0.877. The molecule has 2 rings (SSSR count). The summed E-state index contributed by atoms with van der Waals surface area (Å²) in [5.41, 5.74) is 0. The summed E-state index contributed by atoms with van der Waals surface area (Å²) in [5.74, 6) is -0.976. The largest absolute Gasteiger partial charge is 0.475 e. The summed E-state index contributed by atoms with van der Waals surface area (Å²) in [4.78, 5) is 17.0. The van der Waals surface area contributed by atoms with Crippen LogP contribution in [0.4, 0.5) is 0 Å². The van der Waals surface area contributed by atoms with Gasteiger partial charge in [-0.2, -0.15) is 4.98 Å². The maximum absolute atomic E-state index is 10.7. The van der Waals surface area contributed by atoms with Crippen LogP contribution in [0, 0.1) is 0 Å². The van der Waals surface area contributed by atoms with Gasteiger partial charge in [-0.3, -0.25) is 4.90 Å². The topological polar surface area (TPSA) is 79.5 Å². The Balaban J connectivity index is 2.03. The van der Waals surface area contributed by atoms with Crippen molar-refractivity contribution in [2.24, 2.45) is 0 Å². The molecule has 0 saturated carbocycles. The van der Waals surface area contributed by atoms with E-state index in [-0.39, 0.29) is 5.82 Å². The van der Waals surface area contributed by atoms with Crippen molar-refractivity contribution in [1.82, 2.24) is 15.0 Å². The molecule has 1 aromatic heterocycles. The zero-order chi connectivity index (χ0) is 13.1. The number of aromatic carboxylic acids is 1. The van der Waals surface area contributed by atoms with Gasteiger partial charge in [0.15, 0.2) is 0 Å². The average Bonchev–Trinajstić information content (AvgIpc) is 2.78. The zero-order valence-corrected chi connectivity index (χ0v) is 10.8. The molecule has 6 nitrogen and oxygen atoms in total. The molecule has 1 aromatic rings. The highest BCUT2D eigenvalue weighted by atomic mass is 16.5. The zero-order valence-electron chi connectivity index (χ0n) is 10.8. The average molecular weight is 253 g/mol. The molecule has 1 atom stereocenters. The van der Waals surface area contributed by atoms with Crippen LogP contribution >= 0.6 is 0 Å². The molecule has 1 aliphatic rings. The van der Waals surface area contributed by atoms with Gasteiger partial charge in [-0.05, 0) is 38.4 Å². The van der Waals surface area contributed by atoms with Crippen LogP contribution in [0.15, 0.2) is 4.52 Å². The monoisotopic (exact) mass is 253 g/mol. The third-order valence-corrected chi connectivity index (χ3v) is 3.41. The van der Waals surface area contributed by atoms with Crippen LogP contribution < -0.4 is 0 Å². The molecule has 18 heavy (non-hydrogen) atoms. The lowest BCUT2D eigenvalue weighted by Gasteiger charge is -2.38. The minimum Gasteiger partial charge on any atom is -0.475 e. The van der Waals surface area contributed by atoms with Crippen LogP contribution in [0.5, 0.6) is 0 Å². The summed E-state index contributed by atoms with van der Waals surface area (Å²) in [6, 6.07) is 0.859. The first kappa shape index (κ1) is 13.0. The highest BCUT2D eigenvalue weighted by Crippen LogP contribution is 2.22. The van der Waals surface area contributed by atoms with Crippen molar-refractivity contribution in [3.63, 3.8) is 0 Å². The number of carboxylic acid groups (broad SMARTS) is 1. The number of nitrogens with zero attached hydrogens (tertiary/aromatic N) is 3. The summed E-state index contributed by atoms with van der Waals surface area (Å²) in [7, 11) is 0. The summed E-state index contributed by atoms with van der Waals surface area (Å²) >= 11 is 0. The van der Waals surface area contributed by atoms with Gasteiger partial charge in [-0.25, -0.2) is 4.79 Å². The normalized spacial score (nSPS) is 21.4. The molecule has 1 fully saturated rings. The van der Waals surface area contributed by atoms with E-state index < -0.39 is 5.97 Å². The van der Waals surface area contributed by atoms with Gasteiger partial charge in [0.1, 0.15) is 0 Å². The molecule has 1 saturated heterocycles. The Labute approximate surface area is 106 Å². The summed E-state index contributed by atoms with van der Waals surface area (Å²) in [5, 5.41) is 12.2. The van der Waals surface area contributed by atoms with Gasteiger partial charge < -0.3 is 9.63 Å². The first-order valence-electron chi connectivity index (χ1n) is 6.39. The van der Waals surface area contributed by atoms with E-state index in [2.05, 4.69) is 28.9 Å². The molecule has 0 aliphatic carbocycles. The molecule has 1 unspecified atom stereocenters. The SMILES string of the molecule is CC(C)N1CCCCC1Cc1nc(C(=O)O)no1. The number of hydrogen-bond acceptors (Lipinski definition) is 5. The van der Waals surface area contributed by atoms with Crippen molar-refractivity contribution >= 4 is 5.97 Å². The van der Waals surface area contributed by atoms with Gasteiger partial charge in [0.2, 0.25) is 5.89 Å². The highest BCUT2D eigenvalue weighted by Gasteiger charge is 2.26. The number of carboxylic acids is 1. The van der Waals surface area contributed by atoms with Crippen LogP contribution in [0.2, 0.25) is 0 Å². The molecule has 0 amide bonds. The maximum Gasteiger partial charge on any atom is 0.377 e. The summed E-state index contributed by atoms with van der Waals surface area (Å²) < 4.78 is 4.99. The van der Waals surface area contributed by atoms with Crippen LogP contribution in [-0.4, -0.2) is 44.7 Å². The van der Waals surface area contributed by atoms with Gasteiger partial charge in [0, 0.05) is 18.5 Å². The molecule has 1 N–H and O–H groups in total. The molecule has 0 spiro atoms. The fourth-order valence-corrected chi connectivity index (χ4v) is 2.55. The van der Waals surface area contributed by atoms with Crippen LogP contribution in [0.1, 0.15) is 49.6 Å². The van der Waals surface area contributed by atoms with Crippen molar-refractivity contribution in [3.05, 3.63) is 11.7 Å². The number of hydrogen-bond donors (Lipinski definition) is 1. The second kappa shape index (κ2) is 5.48. The highest BCUT2D eigenvalue weighted by molar-refractivity contribution is 5.82. The van der Waals surface area contributed by atoms with E-state index in [9.17, 15) is 4.79 Å². The van der Waals surface area contributed by atoms with Crippen molar-refractivity contribution < 1.29 is 14.4 Å².